The van der Waals surface area contributed by atoms with Gasteiger partial charge in [-0.1, -0.05) is 42.0 Å². The van der Waals surface area contributed by atoms with Crippen LogP contribution in [-0.2, 0) is 11.2 Å². The Morgan fingerprint density at radius 1 is 1.17 bits per heavy atom. The maximum atomic E-state index is 13.6. The lowest BCUT2D eigenvalue weighted by atomic mass is 10.0. The van der Waals surface area contributed by atoms with Crippen molar-refractivity contribution in [1.29, 1.82) is 0 Å². The Hall–Kier alpha value is -2.28. The molecule has 0 unspecified atom stereocenters. The molecule has 0 spiro atoms. The molecule has 0 bridgehead atoms. The van der Waals surface area contributed by atoms with Crippen LogP contribution in [0, 0.1) is 13.8 Å². The number of ether oxygens (including phenoxy) is 1. The molecule has 1 N–H and O–H groups in total. The van der Waals surface area contributed by atoms with Crippen LogP contribution in [-0.4, -0.2) is 50.3 Å². The van der Waals surface area contributed by atoms with E-state index in [2.05, 4.69) is 38.1 Å². The van der Waals surface area contributed by atoms with Gasteiger partial charge >= 0.3 is 0 Å². The minimum atomic E-state index is 0.0370. The molecule has 3 aromatic rings. The van der Waals surface area contributed by atoms with Crippen LogP contribution in [0.2, 0.25) is 0 Å². The van der Waals surface area contributed by atoms with Crippen molar-refractivity contribution in [1.82, 2.24) is 4.98 Å². The van der Waals surface area contributed by atoms with E-state index in [-0.39, 0.29) is 5.91 Å². The van der Waals surface area contributed by atoms with Gasteiger partial charge in [-0.15, -0.1) is 0 Å². The van der Waals surface area contributed by atoms with Gasteiger partial charge < -0.3 is 9.64 Å². The van der Waals surface area contributed by atoms with E-state index in [9.17, 15) is 4.79 Å². The summed E-state index contributed by atoms with van der Waals surface area (Å²) < 4.78 is 6.63. The number of carbonyl (C=O) groups excluding carboxylic acids is 1. The number of aryl methyl sites for hydroxylation is 3. The molecule has 1 aliphatic rings. The molecule has 2 aromatic carbocycles. The molecule has 1 saturated heterocycles. The molecule has 30 heavy (non-hydrogen) atoms. The minimum absolute atomic E-state index is 0.0370. The Labute approximate surface area is 182 Å². The van der Waals surface area contributed by atoms with E-state index in [4.69, 9.17) is 9.72 Å². The van der Waals surface area contributed by atoms with Crippen LogP contribution in [0.15, 0.2) is 36.4 Å². The van der Waals surface area contributed by atoms with Crippen molar-refractivity contribution >= 4 is 32.6 Å². The molecule has 1 aromatic heterocycles. The molecule has 1 aliphatic heterocycles. The normalized spacial score (nSPS) is 14.9. The second-order valence-corrected chi connectivity index (χ2v) is 9.05. The van der Waals surface area contributed by atoms with Gasteiger partial charge in [0.1, 0.15) is 13.1 Å². The number of hydrogen-bond acceptors (Lipinski definition) is 4. The number of hydrogen-bond donors (Lipinski definition) is 1. The van der Waals surface area contributed by atoms with Gasteiger partial charge in [0, 0.05) is 5.56 Å². The summed E-state index contributed by atoms with van der Waals surface area (Å²) in [5.74, 6) is 0.0370. The lowest BCUT2D eigenvalue weighted by Crippen LogP contribution is -3.14. The largest absolute Gasteiger partial charge is 0.370 e. The highest BCUT2D eigenvalue weighted by atomic mass is 32.1. The number of carbonyl (C=O) groups is 1. The number of morpholine rings is 1. The topological polar surface area (TPSA) is 46.9 Å². The minimum Gasteiger partial charge on any atom is -0.370 e. The molecule has 0 radical (unpaired) electrons. The van der Waals surface area contributed by atoms with Gasteiger partial charge in [0.15, 0.2) is 5.13 Å². The highest BCUT2D eigenvalue weighted by Gasteiger charge is 2.25. The number of amides is 1. The van der Waals surface area contributed by atoms with Crippen LogP contribution in [0.1, 0.15) is 34.0 Å². The fraction of sp³-hybridized carbons (Fsp3) is 0.417. The number of rotatable bonds is 6. The van der Waals surface area contributed by atoms with Crippen LogP contribution < -0.4 is 9.80 Å². The van der Waals surface area contributed by atoms with Gasteiger partial charge in [-0.25, -0.2) is 4.98 Å². The summed E-state index contributed by atoms with van der Waals surface area (Å²) in [5, 5.41) is 0.788. The zero-order chi connectivity index (χ0) is 21.1. The van der Waals surface area contributed by atoms with Crippen molar-refractivity contribution < 1.29 is 14.4 Å². The van der Waals surface area contributed by atoms with Crippen LogP contribution in [0.4, 0.5) is 5.13 Å². The monoisotopic (exact) mass is 424 g/mol. The van der Waals surface area contributed by atoms with Crippen molar-refractivity contribution in [2.75, 3.05) is 44.3 Å². The first-order chi connectivity index (χ1) is 14.5. The van der Waals surface area contributed by atoms with Gasteiger partial charge in [0.2, 0.25) is 0 Å². The van der Waals surface area contributed by atoms with Crippen molar-refractivity contribution in [2.24, 2.45) is 0 Å². The van der Waals surface area contributed by atoms with E-state index in [1.807, 2.05) is 24.0 Å². The summed E-state index contributed by atoms with van der Waals surface area (Å²) in [6.07, 6.45) is 0.995. The Balaban J connectivity index is 1.66. The summed E-state index contributed by atoms with van der Waals surface area (Å²) in [4.78, 5) is 21.8. The summed E-state index contributed by atoms with van der Waals surface area (Å²) in [7, 11) is 0. The molecule has 158 valence electrons. The molecule has 5 nitrogen and oxygen atoms in total. The van der Waals surface area contributed by atoms with Gasteiger partial charge in [-0.05, 0) is 49.6 Å². The molecular formula is C24H30N3O2S+. The number of quaternary nitrogens is 1. The zero-order valence-electron chi connectivity index (χ0n) is 18.0. The third-order valence-corrected chi connectivity index (χ3v) is 6.87. The zero-order valence-corrected chi connectivity index (χ0v) is 18.8. The molecule has 1 amide bonds. The Morgan fingerprint density at radius 3 is 2.70 bits per heavy atom. The fourth-order valence-electron chi connectivity index (χ4n) is 3.96. The highest BCUT2D eigenvalue weighted by Crippen LogP contribution is 2.31. The number of nitrogens with zero attached hydrogens (tertiary/aromatic N) is 2. The first kappa shape index (κ1) is 21.0. The van der Waals surface area contributed by atoms with E-state index >= 15 is 0 Å². The number of benzene rings is 2. The van der Waals surface area contributed by atoms with Crippen molar-refractivity contribution in [3.63, 3.8) is 0 Å². The molecule has 6 heteroatoms. The standard InChI is InChI=1S/C24H29N3O2S/c1-4-19-6-8-21-22(16-19)30-24(25-21)27(10-9-26-11-13-29-14-12-26)23(28)20-7-5-17(2)15-18(20)3/h5-8,15-16H,4,9-14H2,1-3H3/p+1. The third-order valence-electron chi connectivity index (χ3n) is 5.83. The summed E-state index contributed by atoms with van der Waals surface area (Å²) in [6, 6.07) is 12.4. The number of nitrogens with one attached hydrogen (secondary N) is 1. The molecule has 0 saturated carbocycles. The summed E-state index contributed by atoms with van der Waals surface area (Å²) >= 11 is 1.61. The third kappa shape index (κ3) is 4.56. The number of fused-ring (bicyclic) bond motifs is 1. The lowest BCUT2D eigenvalue weighted by Gasteiger charge is -2.27. The van der Waals surface area contributed by atoms with E-state index in [1.54, 1.807) is 11.3 Å². The number of thiazole rings is 1. The van der Waals surface area contributed by atoms with E-state index < -0.39 is 0 Å². The maximum Gasteiger partial charge on any atom is 0.260 e. The molecule has 4 rings (SSSR count). The predicted molar refractivity (Wildman–Crippen MR) is 123 cm³/mol. The van der Waals surface area contributed by atoms with Crippen LogP contribution in [0.25, 0.3) is 10.2 Å². The van der Waals surface area contributed by atoms with Gasteiger partial charge in [-0.3, -0.25) is 9.69 Å². The second-order valence-electron chi connectivity index (χ2n) is 8.04. The number of aromatic nitrogens is 1. The average Bonchev–Trinajstić information content (AvgIpc) is 3.17. The van der Waals surface area contributed by atoms with Gasteiger partial charge in [0.05, 0.1) is 36.5 Å². The van der Waals surface area contributed by atoms with Crippen molar-refractivity contribution in [3.8, 4) is 0 Å². The molecule has 2 heterocycles. The van der Waals surface area contributed by atoms with E-state index in [0.29, 0.717) is 6.54 Å². The summed E-state index contributed by atoms with van der Waals surface area (Å²) in [5.41, 5.74) is 5.19. The number of anilines is 1. The van der Waals surface area contributed by atoms with E-state index in [0.717, 1.165) is 65.7 Å². The van der Waals surface area contributed by atoms with Crippen molar-refractivity contribution in [3.05, 3.63) is 58.7 Å². The molecular weight excluding hydrogens is 394 g/mol. The Morgan fingerprint density at radius 2 is 1.97 bits per heavy atom. The maximum absolute atomic E-state index is 13.6. The fourth-order valence-corrected chi connectivity index (χ4v) is 5.01. The first-order valence-electron chi connectivity index (χ1n) is 10.7. The smallest absolute Gasteiger partial charge is 0.260 e. The van der Waals surface area contributed by atoms with Gasteiger partial charge in [-0.2, -0.15) is 0 Å². The molecule has 1 fully saturated rings. The predicted octanol–water partition coefficient (Wildman–Crippen LogP) is 3.04. The lowest BCUT2D eigenvalue weighted by molar-refractivity contribution is -0.906. The second kappa shape index (κ2) is 9.25. The van der Waals surface area contributed by atoms with Crippen LogP contribution in [0.5, 0.6) is 0 Å². The first-order valence-corrected chi connectivity index (χ1v) is 11.6. The Bertz CT molecular complexity index is 1040. The quantitative estimate of drug-likeness (QED) is 0.662. The van der Waals surface area contributed by atoms with Crippen LogP contribution in [0.3, 0.4) is 0 Å². The molecule has 0 aliphatic carbocycles. The van der Waals surface area contributed by atoms with Gasteiger partial charge in [0.25, 0.3) is 5.91 Å². The average molecular weight is 425 g/mol. The summed E-state index contributed by atoms with van der Waals surface area (Å²) in [6.45, 7) is 11.3. The van der Waals surface area contributed by atoms with Crippen molar-refractivity contribution in [2.45, 2.75) is 27.2 Å². The SMILES string of the molecule is CCc1ccc2nc(N(CC[NH+]3CCOCC3)C(=O)c3ccc(C)cc3C)sc2c1. The van der Waals surface area contributed by atoms with Crippen LogP contribution >= 0.6 is 11.3 Å². The Kier molecular flexibility index (Phi) is 6.46. The molecule has 0 atom stereocenters. The highest BCUT2D eigenvalue weighted by molar-refractivity contribution is 7.22. The van der Waals surface area contributed by atoms with E-state index in [1.165, 1.54) is 16.0 Å².